The van der Waals surface area contributed by atoms with Crippen molar-refractivity contribution in [3.63, 3.8) is 0 Å². The maximum atomic E-state index is 7.08. The number of benzene rings is 9. The number of ether oxygens (including phenoxy) is 1. The molecular weight excluding hydrogens is 803 g/mol. The summed E-state index contributed by atoms with van der Waals surface area (Å²) in [6.07, 6.45) is 0. The SMILES string of the molecule is CC1(C)c2ccccc2-c2ccc(N(c3ccc(-c4cccc5c4Oc4ccccc4C54c5ccccc5-c5ccccc54)cc3)c3ccc4c(c3)C(C)(C)c3c-4oc4ccccc34)cc21. The lowest BCUT2D eigenvalue weighted by Crippen LogP contribution is -2.32. The highest BCUT2D eigenvalue weighted by Gasteiger charge is 2.51. The van der Waals surface area contributed by atoms with Crippen LogP contribution >= 0.6 is 0 Å². The van der Waals surface area contributed by atoms with Gasteiger partial charge in [0.2, 0.25) is 0 Å². The number of furan rings is 1. The third kappa shape index (κ3) is 4.77. The van der Waals surface area contributed by atoms with E-state index in [9.17, 15) is 0 Å². The van der Waals surface area contributed by atoms with E-state index in [1.54, 1.807) is 0 Å². The largest absolute Gasteiger partial charge is 0.456 e. The Morgan fingerprint density at radius 3 is 1.61 bits per heavy atom. The Morgan fingerprint density at radius 1 is 0.379 bits per heavy atom. The van der Waals surface area contributed by atoms with Crippen LogP contribution in [0.5, 0.6) is 11.5 Å². The minimum absolute atomic E-state index is 0.143. The quantitative estimate of drug-likeness (QED) is 0.176. The Bertz CT molecular complexity index is 3650. The van der Waals surface area contributed by atoms with Crippen LogP contribution in [0.3, 0.4) is 0 Å². The van der Waals surface area contributed by atoms with E-state index < -0.39 is 5.41 Å². The molecule has 0 bridgehead atoms. The van der Waals surface area contributed by atoms with Crippen LogP contribution in [0.2, 0.25) is 0 Å². The van der Waals surface area contributed by atoms with Crippen molar-refractivity contribution < 1.29 is 9.15 Å². The number of nitrogens with zero attached hydrogens (tertiary/aromatic N) is 1. The summed E-state index contributed by atoms with van der Waals surface area (Å²) in [6, 6.07) is 73.6. The summed E-state index contributed by atoms with van der Waals surface area (Å²) in [4.78, 5) is 2.44. The molecule has 0 atom stereocenters. The molecule has 0 fully saturated rings. The Labute approximate surface area is 385 Å². The van der Waals surface area contributed by atoms with Crippen LogP contribution in [0.4, 0.5) is 17.1 Å². The van der Waals surface area contributed by atoms with Crippen LogP contribution in [0.25, 0.3) is 55.7 Å². The molecule has 1 aliphatic heterocycles. The van der Waals surface area contributed by atoms with Crippen molar-refractivity contribution in [3.8, 4) is 56.2 Å². The minimum Gasteiger partial charge on any atom is -0.456 e. The third-order valence-corrected chi connectivity index (χ3v) is 15.5. The van der Waals surface area contributed by atoms with Gasteiger partial charge in [0.15, 0.2) is 0 Å². The van der Waals surface area contributed by atoms with Crippen molar-refractivity contribution >= 4 is 28.0 Å². The molecule has 66 heavy (non-hydrogen) atoms. The van der Waals surface area contributed by atoms with Gasteiger partial charge in [-0.3, -0.25) is 0 Å². The van der Waals surface area contributed by atoms with Crippen molar-refractivity contribution in [2.24, 2.45) is 0 Å². The van der Waals surface area contributed by atoms with Crippen molar-refractivity contribution in [1.82, 2.24) is 0 Å². The van der Waals surface area contributed by atoms with Crippen LogP contribution in [0.1, 0.15) is 72.2 Å². The molecular formula is C63H45NO2. The van der Waals surface area contributed by atoms with E-state index in [-0.39, 0.29) is 10.8 Å². The molecule has 1 spiro atoms. The number of hydrogen-bond donors (Lipinski definition) is 0. The summed E-state index contributed by atoms with van der Waals surface area (Å²) in [7, 11) is 0. The maximum absolute atomic E-state index is 7.08. The second-order valence-electron chi connectivity index (χ2n) is 19.6. The van der Waals surface area contributed by atoms with Gasteiger partial charge < -0.3 is 14.1 Å². The number of rotatable bonds is 4. The Hall–Kier alpha value is -7.88. The fraction of sp³-hybridized carbons (Fsp3) is 0.111. The summed E-state index contributed by atoms with van der Waals surface area (Å²) >= 11 is 0. The molecule has 3 aliphatic carbocycles. The molecule has 0 amide bonds. The summed E-state index contributed by atoms with van der Waals surface area (Å²) < 4.78 is 13.7. The van der Waals surface area contributed by atoms with Gasteiger partial charge in [-0.1, -0.05) is 173 Å². The second kappa shape index (κ2) is 13.1. The van der Waals surface area contributed by atoms with E-state index in [1.807, 2.05) is 0 Å². The van der Waals surface area contributed by atoms with Crippen molar-refractivity contribution in [2.45, 2.75) is 43.9 Å². The summed E-state index contributed by atoms with van der Waals surface area (Å²) in [6.45, 7) is 9.39. The van der Waals surface area contributed by atoms with Crippen LogP contribution in [0, 0.1) is 0 Å². The lowest BCUT2D eigenvalue weighted by Gasteiger charge is -2.40. The first-order valence-electron chi connectivity index (χ1n) is 23.2. The highest BCUT2D eigenvalue weighted by atomic mass is 16.5. The van der Waals surface area contributed by atoms with Gasteiger partial charge in [0.1, 0.15) is 22.8 Å². The molecule has 0 saturated carbocycles. The monoisotopic (exact) mass is 847 g/mol. The molecule has 314 valence electrons. The van der Waals surface area contributed by atoms with E-state index in [1.165, 1.54) is 66.6 Å². The van der Waals surface area contributed by atoms with E-state index in [2.05, 4.69) is 233 Å². The van der Waals surface area contributed by atoms with Gasteiger partial charge in [-0.05, 0) is 110 Å². The molecule has 2 heterocycles. The van der Waals surface area contributed by atoms with Gasteiger partial charge >= 0.3 is 0 Å². The molecule has 3 heteroatoms. The summed E-state index contributed by atoms with van der Waals surface area (Å²) in [5.41, 5.74) is 22.0. The van der Waals surface area contributed by atoms with E-state index >= 15 is 0 Å². The zero-order chi connectivity index (χ0) is 44.1. The molecule has 0 unspecified atom stereocenters. The van der Waals surface area contributed by atoms with Crippen molar-refractivity contribution in [3.05, 3.63) is 245 Å². The number of para-hydroxylation sites is 3. The molecule has 1 aromatic heterocycles. The fourth-order valence-electron chi connectivity index (χ4n) is 12.6. The molecule has 0 radical (unpaired) electrons. The van der Waals surface area contributed by atoms with Gasteiger partial charge in [0.25, 0.3) is 0 Å². The van der Waals surface area contributed by atoms with E-state index in [0.29, 0.717) is 0 Å². The summed E-state index contributed by atoms with van der Waals surface area (Å²) in [5.74, 6) is 2.78. The highest BCUT2D eigenvalue weighted by Crippen LogP contribution is 2.63. The maximum Gasteiger partial charge on any atom is 0.140 e. The smallest absolute Gasteiger partial charge is 0.140 e. The second-order valence-corrected chi connectivity index (χ2v) is 19.6. The Morgan fingerprint density at radius 2 is 0.894 bits per heavy atom. The average molecular weight is 848 g/mol. The number of anilines is 3. The first kappa shape index (κ1) is 37.5. The number of fused-ring (bicyclic) bond motifs is 17. The standard InChI is InChI=1S/C63H45NO2/c1-61(2)49-21-9-5-16-43(49)46-34-32-40(36-54(46)61)64(41-33-35-47-55(37-41)62(3,4)58-48-19-8-13-26-56(48)65-60(47)58)39-30-28-38(29-31-39)42-20-15-25-53-59(42)66-57-27-14-12-24-52(57)63(53)50-22-10-6-17-44(50)45-18-7-11-23-51(45)63/h5-37H,1-4H3. The molecule has 3 nitrogen and oxygen atoms in total. The molecule has 4 aliphatic rings. The third-order valence-electron chi connectivity index (χ3n) is 15.5. The van der Waals surface area contributed by atoms with Crippen molar-refractivity contribution in [1.29, 1.82) is 0 Å². The van der Waals surface area contributed by atoms with Gasteiger partial charge in [-0.2, -0.15) is 0 Å². The minimum atomic E-state index is -0.519. The first-order valence-corrected chi connectivity index (χ1v) is 23.2. The van der Waals surface area contributed by atoms with E-state index in [0.717, 1.165) is 62.2 Å². The van der Waals surface area contributed by atoms with Gasteiger partial charge in [-0.15, -0.1) is 0 Å². The Kier molecular flexibility index (Phi) is 7.45. The van der Waals surface area contributed by atoms with Gasteiger partial charge in [0.05, 0.1) is 5.41 Å². The average Bonchev–Trinajstić information content (AvgIpc) is 4.02. The lowest BCUT2D eigenvalue weighted by molar-refractivity contribution is 0.438. The molecule has 10 aromatic rings. The molecule has 9 aromatic carbocycles. The van der Waals surface area contributed by atoms with Gasteiger partial charge in [0, 0.05) is 61.1 Å². The molecule has 0 saturated heterocycles. The Balaban J connectivity index is 0.931. The van der Waals surface area contributed by atoms with Crippen LogP contribution in [-0.2, 0) is 16.2 Å². The zero-order valence-corrected chi connectivity index (χ0v) is 37.3. The van der Waals surface area contributed by atoms with Crippen LogP contribution in [0.15, 0.2) is 205 Å². The lowest BCUT2D eigenvalue weighted by atomic mass is 9.65. The van der Waals surface area contributed by atoms with Crippen LogP contribution < -0.4 is 9.64 Å². The predicted molar refractivity (Wildman–Crippen MR) is 269 cm³/mol. The first-order chi connectivity index (χ1) is 32.2. The summed E-state index contributed by atoms with van der Waals surface area (Å²) in [5, 5.41) is 1.19. The molecule has 14 rings (SSSR count). The van der Waals surface area contributed by atoms with Crippen LogP contribution in [-0.4, -0.2) is 0 Å². The van der Waals surface area contributed by atoms with Crippen molar-refractivity contribution in [2.75, 3.05) is 4.90 Å². The number of hydrogen-bond acceptors (Lipinski definition) is 3. The normalized spacial score (nSPS) is 15.5. The topological polar surface area (TPSA) is 25.6 Å². The highest BCUT2D eigenvalue weighted by molar-refractivity contribution is 5.96. The zero-order valence-electron chi connectivity index (χ0n) is 37.3. The van der Waals surface area contributed by atoms with E-state index in [4.69, 9.17) is 9.15 Å². The molecule has 0 N–H and O–H groups in total. The fourth-order valence-corrected chi connectivity index (χ4v) is 12.6. The van der Waals surface area contributed by atoms with Gasteiger partial charge in [-0.25, -0.2) is 0 Å². The predicted octanol–water partition coefficient (Wildman–Crippen LogP) is 16.7.